The van der Waals surface area contributed by atoms with E-state index >= 15 is 0 Å². The topological polar surface area (TPSA) is 43.1 Å². The number of hydrogen-bond donors (Lipinski definition) is 0. The maximum atomic E-state index is 11.8. The number of aromatic nitrogens is 1. The number of hydrogen-bond acceptors (Lipinski definition) is 3. The van der Waals surface area contributed by atoms with Gasteiger partial charge in [-0.15, -0.1) is 0 Å². The predicted molar refractivity (Wildman–Crippen MR) is 26.9 cm³/mol. The van der Waals surface area contributed by atoms with Crippen molar-refractivity contribution in [3.63, 3.8) is 0 Å². The van der Waals surface area contributed by atoms with Gasteiger partial charge in [-0.3, -0.25) is 4.79 Å². The molecule has 1 aromatic heterocycles. The van der Waals surface area contributed by atoms with Crippen molar-refractivity contribution in [2.24, 2.45) is 0 Å². The number of alkyl halides is 3. The smallest absolute Gasteiger partial charge is 0.438 e. The van der Waals surface area contributed by atoms with Gasteiger partial charge in [0.15, 0.2) is 18.4 Å². The lowest BCUT2D eigenvalue weighted by Crippen LogP contribution is -2.06. The Bertz CT molecular complexity index is 265. The first-order valence-corrected chi connectivity index (χ1v) is 2.51. The first kappa shape index (κ1) is 7.77. The summed E-state index contributed by atoms with van der Waals surface area (Å²) in [4.78, 5) is 13.0. The molecule has 0 fully saturated rings. The highest BCUT2D eigenvalue weighted by Gasteiger charge is 2.38. The Morgan fingerprint density at radius 2 is 2.18 bits per heavy atom. The zero-order chi connectivity index (χ0) is 8.48. The molecule has 1 aromatic rings. The molecule has 0 saturated heterocycles. The number of halogens is 3. The zero-order valence-corrected chi connectivity index (χ0v) is 5.05. The summed E-state index contributed by atoms with van der Waals surface area (Å²) in [6.45, 7) is 0. The normalized spacial score (nSPS) is 11.5. The second-order valence-corrected chi connectivity index (χ2v) is 1.68. The lowest BCUT2D eigenvalue weighted by molar-refractivity contribution is -0.153. The molecule has 0 radical (unpaired) electrons. The molecule has 0 amide bonds. The van der Waals surface area contributed by atoms with E-state index in [1.807, 2.05) is 0 Å². The van der Waals surface area contributed by atoms with Crippen molar-refractivity contribution in [1.29, 1.82) is 0 Å². The van der Waals surface area contributed by atoms with Gasteiger partial charge < -0.3 is 4.42 Å². The van der Waals surface area contributed by atoms with Crippen molar-refractivity contribution in [3.8, 4) is 0 Å². The molecule has 0 bridgehead atoms. The van der Waals surface area contributed by atoms with E-state index in [1.54, 1.807) is 0 Å². The number of aldehydes is 1. The third kappa shape index (κ3) is 1.39. The summed E-state index contributed by atoms with van der Waals surface area (Å²) in [5.74, 6) is -1.35. The molecule has 60 valence electrons. The lowest BCUT2D eigenvalue weighted by Gasteiger charge is -1.99. The number of carbonyl (C=O) groups excluding carboxylic acids is 1. The molecule has 0 N–H and O–H groups in total. The second kappa shape index (κ2) is 2.37. The van der Waals surface area contributed by atoms with Crippen LogP contribution in [-0.2, 0) is 6.18 Å². The number of rotatable bonds is 1. The van der Waals surface area contributed by atoms with Crippen LogP contribution in [0.2, 0.25) is 0 Å². The van der Waals surface area contributed by atoms with Crippen LogP contribution in [0.1, 0.15) is 16.2 Å². The zero-order valence-electron chi connectivity index (χ0n) is 5.05. The fraction of sp³-hybridized carbons (Fsp3) is 0.200. The minimum atomic E-state index is -4.65. The number of nitrogens with zero attached hydrogens (tertiary/aromatic N) is 1. The first-order valence-electron chi connectivity index (χ1n) is 2.51. The molecule has 1 heterocycles. The molecule has 0 atom stereocenters. The van der Waals surface area contributed by atoms with Gasteiger partial charge in [-0.1, -0.05) is 0 Å². The quantitative estimate of drug-likeness (QED) is 0.592. The van der Waals surface area contributed by atoms with Gasteiger partial charge in [0.2, 0.25) is 5.76 Å². The second-order valence-electron chi connectivity index (χ2n) is 1.68. The molecule has 0 spiro atoms. The monoisotopic (exact) mass is 165 g/mol. The van der Waals surface area contributed by atoms with E-state index in [1.165, 1.54) is 0 Å². The lowest BCUT2D eigenvalue weighted by atomic mass is 10.3. The van der Waals surface area contributed by atoms with Gasteiger partial charge >= 0.3 is 6.18 Å². The summed E-state index contributed by atoms with van der Waals surface area (Å²) in [6.07, 6.45) is -4.08. The Labute approximate surface area is 58.8 Å². The summed E-state index contributed by atoms with van der Waals surface area (Å²) in [5, 5.41) is 0. The molecular weight excluding hydrogens is 163 g/mol. The maximum Gasteiger partial charge on any atom is 0.451 e. The molecule has 6 heteroatoms. The molecular formula is C5H2F3NO2. The Kier molecular flexibility index (Phi) is 1.67. The van der Waals surface area contributed by atoms with E-state index in [0.717, 1.165) is 0 Å². The third-order valence-corrected chi connectivity index (χ3v) is 0.964. The highest BCUT2D eigenvalue weighted by molar-refractivity contribution is 5.73. The Morgan fingerprint density at radius 1 is 1.55 bits per heavy atom. The average molecular weight is 165 g/mol. The van der Waals surface area contributed by atoms with E-state index in [0.29, 0.717) is 6.39 Å². The first-order chi connectivity index (χ1) is 5.05. The molecule has 0 aliphatic heterocycles. The van der Waals surface area contributed by atoms with Crippen molar-refractivity contribution in [3.05, 3.63) is 17.8 Å². The van der Waals surface area contributed by atoms with E-state index in [2.05, 4.69) is 9.40 Å². The van der Waals surface area contributed by atoms with Crippen molar-refractivity contribution in [2.75, 3.05) is 0 Å². The van der Waals surface area contributed by atoms with Crippen molar-refractivity contribution >= 4 is 6.29 Å². The van der Waals surface area contributed by atoms with Gasteiger partial charge in [0.1, 0.15) is 0 Å². The van der Waals surface area contributed by atoms with Crippen molar-refractivity contribution in [1.82, 2.24) is 4.98 Å². The standard InChI is InChI=1S/C5H2F3NO2/c6-5(7,8)4-3(1-10)9-2-11-4/h1-2H. The van der Waals surface area contributed by atoms with Gasteiger partial charge in [0, 0.05) is 0 Å². The molecule has 0 aliphatic carbocycles. The number of carbonyl (C=O) groups is 1. The maximum absolute atomic E-state index is 11.8. The van der Waals surface area contributed by atoms with Crippen molar-refractivity contribution in [2.45, 2.75) is 6.18 Å². The van der Waals surface area contributed by atoms with Crippen LogP contribution in [0.25, 0.3) is 0 Å². The van der Waals surface area contributed by atoms with Gasteiger partial charge in [-0.05, 0) is 0 Å². The molecule has 0 saturated carbocycles. The SMILES string of the molecule is O=Cc1ncoc1C(F)(F)F. The Balaban J connectivity index is 3.12. The summed E-state index contributed by atoms with van der Waals surface area (Å²) >= 11 is 0. The van der Waals surface area contributed by atoms with Gasteiger partial charge in [0.25, 0.3) is 0 Å². The highest BCUT2D eigenvalue weighted by Crippen LogP contribution is 2.30. The van der Waals surface area contributed by atoms with E-state index < -0.39 is 17.6 Å². The van der Waals surface area contributed by atoms with E-state index in [-0.39, 0.29) is 6.29 Å². The summed E-state index contributed by atoms with van der Waals surface area (Å²) in [6, 6.07) is 0. The fourth-order valence-corrected chi connectivity index (χ4v) is 0.551. The molecule has 0 aliphatic rings. The summed E-state index contributed by atoms with van der Waals surface area (Å²) < 4.78 is 39.3. The third-order valence-electron chi connectivity index (χ3n) is 0.964. The van der Waals surface area contributed by atoms with Crippen LogP contribution in [0.5, 0.6) is 0 Å². The van der Waals surface area contributed by atoms with Crippen LogP contribution >= 0.6 is 0 Å². The van der Waals surface area contributed by atoms with Gasteiger partial charge in [0.05, 0.1) is 0 Å². The largest absolute Gasteiger partial charge is 0.451 e. The van der Waals surface area contributed by atoms with Crippen LogP contribution in [0.3, 0.4) is 0 Å². The van der Waals surface area contributed by atoms with Crippen molar-refractivity contribution < 1.29 is 22.4 Å². The highest BCUT2D eigenvalue weighted by atomic mass is 19.4. The summed E-state index contributed by atoms with van der Waals surface area (Å²) in [7, 11) is 0. The molecule has 0 aromatic carbocycles. The average Bonchev–Trinajstić information content (AvgIpc) is 2.31. The minimum Gasteiger partial charge on any atom is -0.438 e. The molecule has 1 rings (SSSR count). The van der Waals surface area contributed by atoms with Gasteiger partial charge in [-0.2, -0.15) is 13.2 Å². The van der Waals surface area contributed by atoms with Crippen LogP contribution in [0.15, 0.2) is 10.8 Å². The predicted octanol–water partition coefficient (Wildman–Crippen LogP) is 1.51. The minimum absolute atomic E-state index is 0.00762. The molecule has 3 nitrogen and oxygen atoms in total. The molecule has 11 heavy (non-hydrogen) atoms. The van der Waals surface area contributed by atoms with Gasteiger partial charge in [-0.25, -0.2) is 4.98 Å². The summed E-state index contributed by atoms with van der Waals surface area (Å²) in [5.41, 5.74) is -0.725. The van der Waals surface area contributed by atoms with Crippen LogP contribution in [0.4, 0.5) is 13.2 Å². The van der Waals surface area contributed by atoms with Crippen LogP contribution in [0, 0.1) is 0 Å². The molecule has 0 unspecified atom stereocenters. The van der Waals surface area contributed by atoms with E-state index in [9.17, 15) is 18.0 Å². The fourth-order valence-electron chi connectivity index (χ4n) is 0.551. The van der Waals surface area contributed by atoms with E-state index in [4.69, 9.17) is 0 Å². The Hall–Kier alpha value is -1.33. The van der Waals surface area contributed by atoms with Crippen LogP contribution in [-0.4, -0.2) is 11.3 Å². The van der Waals surface area contributed by atoms with Crippen LogP contribution < -0.4 is 0 Å². The number of oxazole rings is 1. The Morgan fingerprint density at radius 3 is 2.55 bits per heavy atom.